The van der Waals surface area contributed by atoms with Gasteiger partial charge in [0.05, 0.1) is 24.9 Å². The Labute approximate surface area is 208 Å². The Bertz CT molecular complexity index is 881. The Hall–Kier alpha value is -1.72. The molecule has 1 unspecified atom stereocenters. The third kappa shape index (κ3) is 6.89. The van der Waals surface area contributed by atoms with Gasteiger partial charge in [-0.1, -0.05) is 26.0 Å². The molecule has 7 nitrogen and oxygen atoms in total. The molecular weight excluding hydrogens is 522 g/mol. The van der Waals surface area contributed by atoms with Crippen molar-refractivity contribution in [1.82, 2.24) is 24.9 Å². The zero-order valence-corrected chi connectivity index (χ0v) is 22.0. The third-order valence-corrected chi connectivity index (χ3v) is 5.64. The summed E-state index contributed by atoms with van der Waals surface area (Å²) in [6.45, 7) is 8.69. The van der Waals surface area contributed by atoms with Crippen molar-refractivity contribution in [3.05, 3.63) is 53.1 Å². The molecule has 3 rings (SSSR count). The van der Waals surface area contributed by atoms with Crippen LogP contribution in [0.1, 0.15) is 42.6 Å². The summed E-state index contributed by atoms with van der Waals surface area (Å²) in [5.74, 6) is 0.946. The lowest BCUT2D eigenvalue weighted by Crippen LogP contribution is -2.46. The highest BCUT2D eigenvalue weighted by molar-refractivity contribution is 14.0. The highest BCUT2D eigenvalue weighted by Gasteiger charge is 2.24. The first-order chi connectivity index (χ1) is 14.9. The zero-order chi connectivity index (χ0) is 22.4. The van der Waals surface area contributed by atoms with Crippen LogP contribution in [0.3, 0.4) is 0 Å². The molecule has 1 aliphatic heterocycles. The first-order valence-electron chi connectivity index (χ1n) is 10.9. The van der Waals surface area contributed by atoms with Gasteiger partial charge >= 0.3 is 0 Å². The van der Waals surface area contributed by atoms with Crippen LogP contribution in [0.4, 0.5) is 4.39 Å². The molecular formula is C23H36FIN6O. The minimum Gasteiger partial charge on any atom is -0.379 e. The summed E-state index contributed by atoms with van der Waals surface area (Å²) in [5, 5.41) is 8.11. The van der Waals surface area contributed by atoms with Crippen LogP contribution in [0.5, 0.6) is 0 Å². The van der Waals surface area contributed by atoms with E-state index >= 15 is 0 Å². The summed E-state index contributed by atoms with van der Waals surface area (Å²) in [4.78, 5) is 8.93. The van der Waals surface area contributed by atoms with Gasteiger partial charge in [-0.25, -0.2) is 4.39 Å². The van der Waals surface area contributed by atoms with E-state index in [9.17, 15) is 4.39 Å². The summed E-state index contributed by atoms with van der Waals surface area (Å²) in [6, 6.07) is 6.91. The van der Waals surface area contributed by atoms with Crippen molar-refractivity contribution in [2.45, 2.75) is 32.4 Å². The number of aliphatic imine (C=N–C) groups is 1. The molecule has 1 saturated heterocycles. The van der Waals surface area contributed by atoms with Crippen molar-refractivity contribution < 1.29 is 9.13 Å². The Morgan fingerprint density at radius 2 is 2.03 bits per heavy atom. The van der Waals surface area contributed by atoms with Crippen molar-refractivity contribution in [2.75, 3.05) is 46.9 Å². The van der Waals surface area contributed by atoms with Gasteiger partial charge in [-0.05, 0) is 23.6 Å². The topological polar surface area (TPSA) is 57.9 Å². The monoisotopic (exact) mass is 558 g/mol. The van der Waals surface area contributed by atoms with Crippen LogP contribution in [0.15, 0.2) is 35.5 Å². The van der Waals surface area contributed by atoms with E-state index in [1.165, 1.54) is 11.6 Å². The molecule has 0 bridgehead atoms. The Morgan fingerprint density at radius 3 is 2.66 bits per heavy atom. The van der Waals surface area contributed by atoms with Crippen LogP contribution in [-0.2, 0) is 18.3 Å². The number of halogens is 2. The molecule has 32 heavy (non-hydrogen) atoms. The highest BCUT2D eigenvalue weighted by Crippen LogP contribution is 2.22. The quantitative estimate of drug-likeness (QED) is 0.321. The van der Waals surface area contributed by atoms with E-state index in [-0.39, 0.29) is 35.8 Å². The minimum absolute atomic E-state index is 0. The Morgan fingerprint density at radius 1 is 1.31 bits per heavy atom. The van der Waals surface area contributed by atoms with Crippen LogP contribution >= 0.6 is 24.0 Å². The zero-order valence-electron chi connectivity index (χ0n) is 19.7. The Balaban J connectivity index is 0.00000363. The number of aryl methyl sites for hydroxylation is 1. The van der Waals surface area contributed by atoms with E-state index in [1.807, 2.05) is 24.8 Å². The smallest absolute Gasteiger partial charge is 0.193 e. The normalized spacial score (nSPS) is 16.0. The summed E-state index contributed by atoms with van der Waals surface area (Å²) in [7, 11) is 5.77. The van der Waals surface area contributed by atoms with Gasteiger partial charge in [-0.3, -0.25) is 14.6 Å². The lowest BCUT2D eigenvalue weighted by atomic mass is 10.0. The fraction of sp³-hybridized carbons (Fsp3) is 0.565. The van der Waals surface area contributed by atoms with Crippen molar-refractivity contribution >= 4 is 29.9 Å². The third-order valence-electron chi connectivity index (χ3n) is 5.64. The second-order valence-corrected chi connectivity index (χ2v) is 8.37. The van der Waals surface area contributed by atoms with E-state index in [1.54, 1.807) is 19.2 Å². The molecule has 1 aromatic heterocycles. The number of rotatable bonds is 7. The van der Waals surface area contributed by atoms with Gasteiger partial charge in [0, 0.05) is 59.1 Å². The fourth-order valence-electron chi connectivity index (χ4n) is 4.13. The second-order valence-electron chi connectivity index (χ2n) is 8.37. The Kier molecular flexibility index (Phi) is 10.4. The van der Waals surface area contributed by atoms with Crippen LogP contribution < -0.4 is 5.32 Å². The molecule has 0 spiro atoms. The van der Waals surface area contributed by atoms with Gasteiger partial charge in [-0.2, -0.15) is 5.10 Å². The van der Waals surface area contributed by atoms with Crippen LogP contribution in [-0.4, -0.2) is 72.5 Å². The number of hydrogen-bond donors (Lipinski definition) is 1. The largest absolute Gasteiger partial charge is 0.379 e. The average Bonchev–Trinajstić information content (AvgIpc) is 3.12. The molecule has 2 aromatic rings. The maximum absolute atomic E-state index is 13.9. The van der Waals surface area contributed by atoms with E-state index in [0.29, 0.717) is 32.2 Å². The molecule has 0 aliphatic carbocycles. The van der Waals surface area contributed by atoms with Crippen LogP contribution in [0.2, 0.25) is 0 Å². The molecule has 0 amide bonds. The lowest BCUT2D eigenvalue weighted by molar-refractivity contribution is 0.0168. The van der Waals surface area contributed by atoms with E-state index in [0.717, 1.165) is 30.3 Å². The standard InChI is InChI=1S/C23H35FN6O.HI/c1-17(2)22-19(16-29(5)27-22)15-28(4)23(25-3)26-14-21(30-9-11-31-12-10-30)18-7-6-8-20(24)13-18;/h6-8,13,16-17,21H,9-12,14-15H2,1-5H3,(H,25,26);1H. The number of guanidine groups is 1. The maximum Gasteiger partial charge on any atom is 0.193 e. The number of morpholine rings is 1. The van der Waals surface area contributed by atoms with E-state index in [2.05, 4.69) is 45.3 Å². The van der Waals surface area contributed by atoms with Crippen molar-refractivity contribution in [1.29, 1.82) is 0 Å². The van der Waals surface area contributed by atoms with Gasteiger partial charge in [0.1, 0.15) is 5.82 Å². The van der Waals surface area contributed by atoms with Gasteiger partial charge in [0.15, 0.2) is 5.96 Å². The summed E-state index contributed by atoms with van der Waals surface area (Å²) < 4.78 is 21.3. The first-order valence-corrected chi connectivity index (χ1v) is 10.9. The molecule has 1 N–H and O–H groups in total. The highest BCUT2D eigenvalue weighted by atomic mass is 127. The number of ether oxygens (including phenoxy) is 1. The number of nitrogens with zero attached hydrogens (tertiary/aromatic N) is 5. The van der Waals surface area contributed by atoms with Crippen LogP contribution in [0, 0.1) is 5.82 Å². The second kappa shape index (κ2) is 12.5. The first kappa shape index (κ1) is 26.5. The SMILES string of the molecule is CN=C(NCC(c1cccc(F)c1)N1CCOCC1)N(C)Cc1cn(C)nc1C(C)C.I. The van der Waals surface area contributed by atoms with E-state index in [4.69, 9.17) is 4.74 Å². The van der Waals surface area contributed by atoms with Gasteiger partial charge < -0.3 is 15.0 Å². The van der Waals surface area contributed by atoms with E-state index < -0.39 is 0 Å². The molecule has 178 valence electrons. The van der Waals surface area contributed by atoms with Crippen molar-refractivity contribution in [3.63, 3.8) is 0 Å². The molecule has 9 heteroatoms. The van der Waals surface area contributed by atoms with Gasteiger partial charge in [0.25, 0.3) is 0 Å². The van der Waals surface area contributed by atoms with Crippen molar-refractivity contribution in [3.8, 4) is 0 Å². The summed E-state index contributed by atoms with van der Waals surface area (Å²) in [6.07, 6.45) is 2.07. The van der Waals surface area contributed by atoms with Gasteiger partial charge in [0.2, 0.25) is 0 Å². The molecule has 0 radical (unpaired) electrons. The number of nitrogens with one attached hydrogen (secondary N) is 1. The van der Waals surface area contributed by atoms with Crippen LogP contribution in [0.25, 0.3) is 0 Å². The van der Waals surface area contributed by atoms with Crippen molar-refractivity contribution in [2.24, 2.45) is 12.0 Å². The molecule has 1 atom stereocenters. The fourth-order valence-corrected chi connectivity index (χ4v) is 4.13. The molecule has 0 saturated carbocycles. The lowest BCUT2D eigenvalue weighted by Gasteiger charge is -2.35. The molecule has 2 heterocycles. The molecule has 1 aromatic carbocycles. The predicted octanol–water partition coefficient (Wildman–Crippen LogP) is 3.38. The average molecular weight is 558 g/mol. The summed E-state index contributed by atoms with van der Waals surface area (Å²) >= 11 is 0. The number of hydrogen-bond acceptors (Lipinski definition) is 4. The summed E-state index contributed by atoms with van der Waals surface area (Å²) in [5.41, 5.74) is 3.26. The number of aromatic nitrogens is 2. The van der Waals surface area contributed by atoms with Gasteiger partial charge in [-0.15, -0.1) is 24.0 Å². The maximum atomic E-state index is 13.9. The molecule has 1 fully saturated rings. The minimum atomic E-state index is -0.213. The molecule has 1 aliphatic rings. The number of benzene rings is 1. The predicted molar refractivity (Wildman–Crippen MR) is 137 cm³/mol.